The van der Waals surface area contributed by atoms with Crippen molar-refractivity contribution in [3.63, 3.8) is 0 Å². The fourth-order valence-electron chi connectivity index (χ4n) is 3.33. The second-order valence-corrected chi connectivity index (χ2v) is 7.35. The number of aliphatic imine (C=N–C) groups is 1. The number of hydrogen-bond donors (Lipinski definition) is 2. The molecule has 1 amide bonds. The molecule has 0 spiro atoms. The van der Waals surface area contributed by atoms with Gasteiger partial charge < -0.3 is 20.4 Å². The van der Waals surface area contributed by atoms with E-state index in [1.807, 2.05) is 17.9 Å². The van der Waals surface area contributed by atoms with Crippen LogP contribution >= 0.6 is 24.0 Å². The third kappa shape index (κ3) is 7.95. The van der Waals surface area contributed by atoms with E-state index in [0.717, 1.165) is 45.0 Å². The monoisotopic (exact) mass is 501 g/mol. The summed E-state index contributed by atoms with van der Waals surface area (Å²) in [5, 5.41) is 6.85. The van der Waals surface area contributed by atoms with Crippen LogP contribution in [0.2, 0.25) is 0 Å². The number of likely N-dealkylation sites (tertiary alicyclic amines) is 1. The number of amides is 1. The lowest BCUT2D eigenvalue weighted by Gasteiger charge is -2.24. The van der Waals surface area contributed by atoms with Crippen molar-refractivity contribution < 1.29 is 4.79 Å². The van der Waals surface area contributed by atoms with Gasteiger partial charge in [-0.2, -0.15) is 0 Å². The first-order chi connectivity index (χ1) is 13.0. The van der Waals surface area contributed by atoms with Crippen LogP contribution in [0.4, 0.5) is 0 Å². The Hall–Kier alpha value is -1.35. The largest absolute Gasteiger partial charge is 0.357 e. The summed E-state index contributed by atoms with van der Waals surface area (Å²) in [6.45, 7) is 7.13. The molecule has 1 aromatic carbocycles. The zero-order chi connectivity index (χ0) is 19.6. The maximum absolute atomic E-state index is 11.9. The van der Waals surface area contributed by atoms with Gasteiger partial charge in [-0.15, -0.1) is 24.0 Å². The molecule has 6 nitrogen and oxygen atoms in total. The van der Waals surface area contributed by atoms with Gasteiger partial charge in [-0.05, 0) is 39.4 Å². The Morgan fingerprint density at radius 3 is 2.61 bits per heavy atom. The molecule has 1 aromatic rings. The van der Waals surface area contributed by atoms with Crippen LogP contribution in [0.25, 0.3) is 0 Å². The zero-order valence-electron chi connectivity index (χ0n) is 17.6. The number of nitrogens with zero attached hydrogens (tertiary/aromatic N) is 3. The number of benzene rings is 1. The Labute approximate surface area is 187 Å². The van der Waals surface area contributed by atoms with Crippen LogP contribution in [0.3, 0.4) is 0 Å². The van der Waals surface area contributed by atoms with Gasteiger partial charge in [-0.3, -0.25) is 9.79 Å². The molecular formula is C21H36IN5O. The van der Waals surface area contributed by atoms with Gasteiger partial charge in [0.05, 0.1) is 6.54 Å². The lowest BCUT2D eigenvalue weighted by atomic mass is 10.1. The SMILES string of the molecule is CCNC(=NCC(Cc1ccccc1)N(C)C)NC1CCN(C(=O)CC)C1.I. The number of hydrogen-bond acceptors (Lipinski definition) is 3. The topological polar surface area (TPSA) is 60.0 Å². The first-order valence-corrected chi connectivity index (χ1v) is 10.1. The summed E-state index contributed by atoms with van der Waals surface area (Å²) in [5.41, 5.74) is 1.33. The predicted molar refractivity (Wildman–Crippen MR) is 127 cm³/mol. The molecule has 1 fully saturated rings. The summed E-state index contributed by atoms with van der Waals surface area (Å²) in [7, 11) is 4.21. The Bertz CT molecular complexity index is 608. The first-order valence-electron chi connectivity index (χ1n) is 10.1. The number of carbonyl (C=O) groups excluding carboxylic acids is 1. The summed E-state index contributed by atoms with van der Waals surface area (Å²) >= 11 is 0. The van der Waals surface area contributed by atoms with Crippen LogP contribution in [0.1, 0.15) is 32.3 Å². The Morgan fingerprint density at radius 1 is 1.29 bits per heavy atom. The standard InChI is InChI=1S/C21H35N5O.HI/c1-5-20(27)26-13-12-18(16-26)24-21(22-6-2)23-15-19(25(3)4)14-17-10-8-7-9-11-17;/h7-11,18-19H,5-6,12-16H2,1-4H3,(H2,22,23,24);1H. The number of nitrogens with one attached hydrogen (secondary N) is 2. The van der Waals surface area contributed by atoms with Crippen LogP contribution < -0.4 is 10.6 Å². The second kappa shape index (κ2) is 13.0. The van der Waals surface area contributed by atoms with Crippen LogP contribution in [0.5, 0.6) is 0 Å². The molecule has 2 unspecified atom stereocenters. The summed E-state index contributed by atoms with van der Waals surface area (Å²) in [6, 6.07) is 11.2. The van der Waals surface area contributed by atoms with Gasteiger partial charge in [-0.25, -0.2) is 0 Å². The Kier molecular flexibility index (Phi) is 11.4. The van der Waals surface area contributed by atoms with E-state index in [1.54, 1.807) is 0 Å². The lowest BCUT2D eigenvalue weighted by Crippen LogP contribution is -2.45. The van der Waals surface area contributed by atoms with E-state index < -0.39 is 0 Å². The molecule has 2 N–H and O–H groups in total. The number of rotatable bonds is 8. The minimum atomic E-state index is 0. The number of carbonyl (C=O) groups is 1. The highest BCUT2D eigenvalue weighted by atomic mass is 127. The van der Waals surface area contributed by atoms with Crippen molar-refractivity contribution in [2.45, 2.75) is 45.2 Å². The smallest absolute Gasteiger partial charge is 0.222 e. The van der Waals surface area contributed by atoms with Crippen molar-refractivity contribution in [1.29, 1.82) is 0 Å². The van der Waals surface area contributed by atoms with E-state index >= 15 is 0 Å². The van der Waals surface area contributed by atoms with E-state index in [2.05, 4.69) is 60.8 Å². The molecule has 1 aliphatic heterocycles. The molecule has 1 saturated heterocycles. The highest BCUT2D eigenvalue weighted by Gasteiger charge is 2.25. The van der Waals surface area contributed by atoms with Crippen molar-refractivity contribution in [3.8, 4) is 0 Å². The quantitative estimate of drug-likeness (QED) is 0.326. The predicted octanol–water partition coefficient (Wildman–Crippen LogP) is 2.34. The summed E-state index contributed by atoms with van der Waals surface area (Å²) in [6.07, 6.45) is 2.51. The molecule has 0 aliphatic carbocycles. The molecule has 1 heterocycles. The van der Waals surface area contributed by atoms with E-state index in [4.69, 9.17) is 4.99 Å². The van der Waals surface area contributed by atoms with Crippen LogP contribution in [0.15, 0.2) is 35.3 Å². The molecule has 0 aromatic heterocycles. The normalized spacial score (nSPS) is 18.0. The Balaban J connectivity index is 0.00000392. The molecule has 2 atom stereocenters. The molecule has 158 valence electrons. The summed E-state index contributed by atoms with van der Waals surface area (Å²) in [5.74, 6) is 1.07. The van der Waals surface area contributed by atoms with Crippen molar-refractivity contribution in [3.05, 3.63) is 35.9 Å². The molecule has 0 radical (unpaired) electrons. The third-order valence-corrected chi connectivity index (χ3v) is 5.03. The minimum absolute atomic E-state index is 0. The van der Waals surface area contributed by atoms with E-state index in [1.165, 1.54) is 5.56 Å². The van der Waals surface area contributed by atoms with Gasteiger partial charge in [0.2, 0.25) is 5.91 Å². The molecule has 7 heteroatoms. The van der Waals surface area contributed by atoms with Gasteiger partial charge in [-0.1, -0.05) is 37.3 Å². The van der Waals surface area contributed by atoms with Crippen molar-refractivity contribution in [2.75, 3.05) is 40.3 Å². The molecule has 0 bridgehead atoms. The number of guanidine groups is 1. The maximum atomic E-state index is 11.9. The van der Waals surface area contributed by atoms with Crippen molar-refractivity contribution in [1.82, 2.24) is 20.4 Å². The average molecular weight is 501 g/mol. The van der Waals surface area contributed by atoms with Gasteiger partial charge in [0.1, 0.15) is 0 Å². The lowest BCUT2D eigenvalue weighted by molar-refractivity contribution is -0.129. The molecular weight excluding hydrogens is 465 g/mol. The van der Waals surface area contributed by atoms with Gasteiger partial charge in [0.25, 0.3) is 0 Å². The molecule has 28 heavy (non-hydrogen) atoms. The van der Waals surface area contributed by atoms with Gasteiger partial charge in [0.15, 0.2) is 5.96 Å². The molecule has 0 saturated carbocycles. The summed E-state index contributed by atoms with van der Waals surface area (Å²) < 4.78 is 0. The highest BCUT2D eigenvalue weighted by Crippen LogP contribution is 2.11. The second-order valence-electron chi connectivity index (χ2n) is 7.35. The minimum Gasteiger partial charge on any atom is -0.357 e. The molecule has 1 aliphatic rings. The number of likely N-dealkylation sites (N-methyl/N-ethyl adjacent to an activating group) is 1. The fourth-order valence-corrected chi connectivity index (χ4v) is 3.33. The van der Waals surface area contributed by atoms with Crippen LogP contribution in [0, 0.1) is 0 Å². The maximum Gasteiger partial charge on any atom is 0.222 e. The molecule has 2 rings (SSSR count). The highest BCUT2D eigenvalue weighted by molar-refractivity contribution is 14.0. The van der Waals surface area contributed by atoms with Gasteiger partial charge in [0, 0.05) is 38.1 Å². The first kappa shape index (κ1) is 24.7. The Morgan fingerprint density at radius 2 is 2.00 bits per heavy atom. The van der Waals surface area contributed by atoms with Crippen LogP contribution in [-0.2, 0) is 11.2 Å². The zero-order valence-corrected chi connectivity index (χ0v) is 20.0. The van der Waals surface area contributed by atoms with Crippen LogP contribution in [-0.4, -0.2) is 74.0 Å². The third-order valence-electron chi connectivity index (χ3n) is 5.03. The van der Waals surface area contributed by atoms with E-state index in [-0.39, 0.29) is 35.9 Å². The van der Waals surface area contributed by atoms with Crippen molar-refractivity contribution in [2.24, 2.45) is 4.99 Å². The summed E-state index contributed by atoms with van der Waals surface area (Å²) in [4.78, 5) is 20.9. The average Bonchev–Trinajstić information content (AvgIpc) is 3.13. The number of halogens is 1. The van der Waals surface area contributed by atoms with Crippen molar-refractivity contribution >= 4 is 35.8 Å². The van der Waals surface area contributed by atoms with E-state index in [0.29, 0.717) is 12.5 Å². The fraction of sp³-hybridized carbons (Fsp3) is 0.619. The van der Waals surface area contributed by atoms with Gasteiger partial charge >= 0.3 is 0 Å². The van der Waals surface area contributed by atoms with E-state index in [9.17, 15) is 4.79 Å².